The Hall–Kier alpha value is -0.770. The van der Waals surface area contributed by atoms with Gasteiger partial charge >= 0.3 is 6.09 Å². The lowest BCUT2D eigenvalue weighted by molar-refractivity contribution is 0.0888. The highest BCUT2D eigenvalue weighted by Crippen LogP contribution is 2.08. The minimum atomic E-state index is -0.345. The van der Waals surface area contributed by atoms with Crippen molar-refractivity contribution in [3.63, 3.8) is 0 Å². The highest BCUT2D eigenvalue weighted by atomic mass is 16.7. The molecule has 0 aliphatic carbocycles. The topological polar surface area (TPSA) is 50.4 Å². The Morgan fingerprint density at radius 1 is 0.600 bits per heavy atom. The minimum Gasteiger partial charge on any atom is -0.354 e. The Morgan fingerprint density at radius 2 is 1.00 bits per heavy atom. The van der Waals surface area contributed by atoms with E-state index in [4.69, 9.17) is 4.84 Å². The van der Waals surface area contributed by atoms with Crippen LogP contribution in [0.4, 0.5) is 4.79 Å². The molecule has 25 heavy (non-hydrogen) atoms. The lowest BCUT2D eigenvalue weighted by Gasteiger charge is -2.07. The van der Waals surface area contributed by atoms with Gasteiger partial charge in [-0.25, -0.2) is 4.79 Å². The van der Waals surface area contributed by atoms with Crippen LogP contribution in [0.5, 0.6) is 0 Å². The second-order valence-electron chi connectivity index (χ2n) is 7.16. The molecule has 0 aromatic heterocycles. The zero-order chi connectivity index (χ0) is 18.4. The molecule has 0 heterocycles. The Bertz CT molecular complexity index is 273. The maximum Gasteiger partial charge on any atom is 0.426 e. The number of carbonyl (C=O) groups is 1. The van der Waals surface area contributed by atoms with Gasteiger partial charge in [0, 0.05) is 13.1 Å². The Kier molecular flexibility index (Phi) is 20.6. The first-order chi connectivity index (χ1) is 12.3. The van der Waals surface area contributed by atoms with Crippen LogP contribution < -0.4 is 10.8 Å². The molecule has 0 atom stereocenters. The van der Waals surface area contributed by atoms with E-state index in [1.807, 2.05) is 0 Å². The Labute approximate surface area is 156 Å². The fourth-order valence-corrected chi connectivity index (χ4v) is 2.93. The van der Waals surface area contributed by atoms with E-state index in [2.05, 4.69) is 24.6 Å². The standard InChI is InChI=1S/C21H44N2O2/c1-3-5-7-9-11-13-15-17-19-22-21(24)25-23-20-18-16-14-12-10-8-6-4-2/h23H,3-20H2,1-2H3,(H,22,24). The van der Waals surface area contributed by atoms with Gasteiger partial charge in [-0.1, -0.05) is 104 Å². The molecule has 0 rings (SSSR count). The van der Waals surface area contributed by atoms with Gasteiger partial charge in [-0.15, -0.1) is 0 Å². The normalized spacial score (nSPS) is 10.8. The first-order valence-corrected chi connectivity index (χ1v) is 11.0. The third-order valence-electron chi connectivity index (χ3n) is 4.60. The molecule has 4 nitrogen and oxygen atoms in total. The summed E-state index contributed by atoms with van der Waals surface area (Å²) in [5.74, 6) is 0. The van der Waals surface area contributed by atoms with Gasteiger partial charge in [0.05, 0.1) is 0 Å². The van der Waals surface area contributed by atoms with Crippen LogP contribution in [0, 0.1) is 0 Å². The quantitative estimate of drug-likeness (QED) is 0.205. The summed E-state index contributed by atoms with van der Waals surface area (Å²) >= 11 is 0. The molecule has 0 unspecified atom stereocenters. The summed E-state index contributed by atoms with van der Waals surface area (Å²) in [4.78, 5) is 16.5. The summed E-state index contributed by atoms with van der Waals surface area (Å²) in [6.07, 6.45) is 20.2. The summed E-state index contributed by atoms with van der Waals surface area (Å²) in [6.45, 7) is 5.96. The van der Waals surface area contributed by atoms with Crippen LogP contribution in [0.25, 0.3) is 0 Å². The number of carbonyl (C=O) groups excluding carboxylic acids is 1. The summed E-state index contributed by atoms with van der Waals surface area (Å²) in [6, 6.07) is 0. The van der Waals surface area contributed by atoms with Crippen LogP contribution in [-0.4, -0.2) is 19.2 Å². The van der Waals surface area contributed by atoms with Gasteiger partial charge in [0.15, 0.2) is 0 Å². The third-order valence-corrected chi connectivity index (χ3v) is 4.60. The molecule has 0 saturated heterocycles. The first kappa shape index (κ1) is 24.2. The van der Waals surface area contributed by atoms with Gasteiger partial charge in [-0.2, -0.15) is 5.48 Å². The number of nitrogens with one attached hydrogen (secondary N) is 2. The van der Waals surface area contributed by atoms with E-state index in [0.29, 0.717) is 6.54 Å². The molecule has 0 aromatic carbocycles. The van der Waals surface area contributed by atoms with E-state index in [1.165, 1.54) is 89.9 Å². The lowest BCUT2D eigenvalue weighted by Crippen LogP contribution is -2.31. The van der Waals surface area contributed by atoms with Crippen LogP contribution in [-0.2, 0) is 4.84 Å². The molecule has 0 fully saturated rings. The van der Waals surface area contributed by atoms with Crippen LogP contribution in [0.3, 0.4) is 0 Å². The Balaban J connectivity index is 3.13. The summed E-state index contributed by atoms with van der Waals surface area (Å²) in [7, 11) is 0. The van der Waals surface area contributed by atoms with Gasteiger partial charge in [-0.3, -0.25) is 0 Å². The molecule has 2 N–H and O–H groups in total. The number of unbranched alkanes of at least 4 members (excludes halogenated alkanes) is 14. The predicted octanol–water partition coefficient (Wildman–Crippen LogP) is 6.50. The highest BCUT2D eigenvalue weighted by Gasteiger charge is 2.00. The molecule has 0 aliphatic rings. The summed E-state index contributed by atoms with van der Waals surface area (Å²) in [5, 5.41) is 2.80. The first-order valence-electron chi connectivity index (χ1n) is 11.0. The highest BCUT2D eigenvalue weighted by molar-refractivity contribution is 5.66. The molecule has 4 heteroatoms. The third kappa shape index (κ3) is 21.2. The van der Waals surface area contributed by atoms with Crippen LogP contribution in [0.1, 0.15) is 117 Å². The molecule has 0 aromatic rings. The van der Waals surface area contributed by atoms with E-state index in [1.54, 1.807) is 0 Å². The average molecular weight is 357 g/mol. The lowest BCUT2D eigenvalue weighted by atomic mass is 10.1. The SMILES string of the molecule is CCCCCCCCCCNOC(=O)NCCCCCCCCCC. The molecule has 0 radical (unpaired) electrons. The molecular formula is C21H44N2O2. The molecule has 150 valence electrons. The maximum absolute atomic E-state index is 11.5. The number of amides is 1. The van der Waals surface area contributed by atoms with Crippen molar-refractivity contribution in [3.05, 3.63) is 0 Å². The second-order valence-corrected chi connectivity index (χ2v) is 7.16. The zero-order valence-corrected chi connectivity index (χ0v) is 17.0. The van der Waals surface area contributed by atoms with Crippen molar-refractivity contribution >= 4 is 6.09 Å². The smallest absolute Gasteiger partial charge is 0.354 e. The van der Waals surface area contributed by atoms with Crippen molar-refractivity contribution in [1.82, 2.24) is 10.8 Å². The number of hydrogen-bond donors (Lipinski definition) is 2. The van der Waals surface area contributed by atoms with Gasteiger partial charge in [-0.05, 0) is 12.8 Å². The van der Waals surface area contributed by atoms with E-state index in [9.17, 15) is 4.79 Å². The van der Waals surface area contributed by atoms with Crippen molar-refractivity contribution in [2.45, 2.75) is 117 Å². The van der Waals surface area contributed by atoms with Crippen molar-refractivity contribution < 1.29 is 9.63 Å². The molecule has 1 amide bonds. The van der Waals surface area contributed by atoms with E-state index in [0.717, 1.165) is 19.4 Å². The molecular weight excluding hydrogens is 312 g/mol. The van der Waals surface area contributed by atoms with Crippen molar-refractivity contribution in [2.24, 2.45) is 0 Å². The molecule has 0 aliphatic heterocycles. The van der Waals surface area contributed by atoms with Crippen molar-refractivity contribution in [1.29, 1.82) is 0 Å². The molecule has 0 spiro atoms. The monoisotopic (exact) mass is 356 g/mol. The van der Waals surface area contributed by atoms with Gasteiger partial charge < -0.3 is 10.2 Å². The number of rotatable bonds is 19. The van der Waals surface area contributed by atoms with Crippen LogP contribution >= 0.6 is 0 Å². The van der Waals surface area contributed by atoms with E-state index < -0.39 is 0 Å². The van der Waals surface area contributed by atoms with Crippen molar-refractivity contribution in [3.8, 4) is 0 Å². The van der Waals surface area contributed by atoms with E-state index in [-0.39, 0.29) is 6.09 Å². The van der Waals surface area contributed by atoms with Gasteiger partial charge in [0.1, 0.15) is 0 Å². The fourth-order valence-electron chi connectivity index (χ4n) is 2.93. The fraction of sp³-hybridized carbons (Fsp3) is 0.952. The molecule has 0 bridgehead atoms. The number of hydroxylamine groups is 1. The summed E-state index contributed by atoms with van der Waals surface area (Å²) in [5.41, 5.74) is 2.77. The van der Waals surface area contributed by atoms with E-state index >= 15 is 0 Å². The predicted molar refractivity (Wildman–Crippen MR) is 108 cm³/mol. The van der Waals surface area contributed by atoms with Gasteiger partial charge in [0.2, 0.25) is 0 Å². The zero-order valence-electron chi connectivity index (χ0n) is 17.0. The second kappa shape index (κ2) is 21.3. The van der Waals surface area contributed by atoms with Gasteiger partial charge in [0.25, 0.3) is 0 Å². The Morgan fingerprint density at radius 3 is 1.48 bits per heavy atom. The average Bonchev–Trinajstić information content (AvgIpc) is 2.62. The number of hydrogen-bond acceptors (Lipinski definition) is 3. The summed E-state index contributed by atoms with van der Waals surface area (Å²) < 4.78 is 0. The minimum absolute atomic E-state index is 0.345. The van der Waals surface area contributed by atoms with Crippen LogP contribution in [0.15, 0.2) is 0 Å². The molecule has 0 saturated carbocycles. The maximum atomic E-state index is 11.5. The largest absolute Gasteiger partial charge is 0.426 e. The van der Waals surface area contributed by atoms with Crippen molar-refractivity contribution in [2.75, 3.05) is 13.1 Å². The van der Waals surface area contributed by atoms with Crippen LogP contribution in [0.2, 0.25) is 0 Å².